The molecule has 5 heteroatoms. The molecule has 4 nitrogen and oxygen atoms in total. The van der Waals surface area contributed by atoms with Crippen LogP contribution in [0.5, 0.6) is 5.75 Å². The van der Waals surface area contributed by atoms with Gasteiger partial charge in [0, 0.05) is 27.4 Å². The Hall–Kier alpha value is -0.883. The average Bonchev–Trinajstić information content (AvgIpc) is 2.31. The maximum Gasteiger partial charge on any atom is 0.504 e. The van der Waals surface area contributed by atoms with Crippen molar-refractivity contribution >= 4 is 8.80 Å². The molecule has 0 aliphatic heterocycles. The summed E-state index contributed by atoms with van der Waals surface area (Å²) >= 11 is 0. The Morgan fingerprint density at radius 2 is 1.69 bits per heavy atom. The predicted octanol–water partition coefficient (Wildman–Crippen LogP) is 1.66. The monoisotopic (exact) mass is 242 g/mol. The molecule has 0 saturated carbocycles. The third kappa shape index (κ3) is 2.82. The van der Waals surface area contributed by atoms with E-state index in [0.29, 0.717) is 11.8 Å². The van der Waals surface area contributed by atoms with E-state index in [-0.39, 0.29) is 0 Å². The molecule has 0 aromatic heterocycles. The van der Waals surface area contributed by atoms with Gasteiger partial charge in [-0.1, -0.05) is 12.1 Å². The highest BCUT2D eigenvalue weighted by Gasteiger charge is 2.37. The Morgan fingerprint density at radius 3 is 2.12 bits per heavy atom. The van der Waals surface area contributed by atoms with E-state index < -0.39 is 8.80 Å². The van der Waals surface area contributed by atoms with Gasteiger partial charge >= 0.3 is 8.80 Å². The number of hydrogen-bond donors (Lipinski definition) is 1. The predicted molar refractivity (Wildman–Crippen MR) is 63.3 cm³/mol. The van der Waals surface area contributed by atoms with Crippen molar-refractivity contribution in [2.75, 3.05) is 21.3 Å². The van der Waals surface area contributed by atoms with Gasteiger partial charge in [-0.3, -0.25) is 0 Å². The average molecular weight is 242 g/mol. The fraction of sp³-hybridized carbons (Fsp3) is 0.455. The molecule has 0 amide bonds. The van der Waals surface area contributed by atoms with Gasteiger partial charge < -0.3 is 18.4 Å². The van der Waals surface area contributed by atoms with Crippen LogP contribution in [0.4, 0.5) is 0 Å². The molecule has 0 saturated heterocycles. The normalized spacial score (nSPS) is 11.8. The summed E-state index contributed by atoms with van der Waals surface area (Å²) < 4.78 is 16.0. The first-order chi connectivity index (χ1) is 7.56. The highest BCUT2D eigenvalue weighted by atomic mass is 28.4. The fourth-order valence-electron chi connectivity index (χ4n) is 1.54. The molecule has 90 valence electrons. The van der Waals surface area contributed by atoms with E-state index in [9.17, 15) is 5.11 Å². The van der Waals surface area contributed by atoms with Crippen LogP contribution in [0.2, 0.25) is 0 Å². The van der Waals surface area contributed by atoms with Crippen molar-refractivity contribution in [3.63, 3.8) is 0 Å². The van der Waals surface area contributed by atoms with Crippen LogP contribution in [0.25, 0.3) is 0 Å². The zero-order valence-corrected chi connectivity index (χ0v) is 11.1. The Balaban J connectivity index is 2.89. The van der Waals surface area contributed by atoms with E-state index in [0.717, 1.165) is 11.1 Å². The highest BCUT2D eigenvalue weighted by molar-refractivity contribution is 6.60. The standard InChI is InChI=1S/C11H18O4Si/c1-9-7-10(5-6-11(9)12)8-16(13-2,14-3)15-4/h5-7,12H,8H2,1-4H3. The fourth-order valence-corrected chi connectivity index (χ4v) is 3.20. The summed E-state index contributed by atoms with van der Waals surface area (Å²) in [5.74, 6) is 0.295. The summed E-state index contributed by atoms with van der Waals surface area (Å²) in [7, 11) is 2.19. The second-order valence-electron chi connectivity index (χ2n) is 3.59. The molecule has 0 aliphatic rings. The van der Waals surface area contributed by atoms with Gasteiger partial charge in [0.1, 0.15) is 5.75 Å². The number of rotatable bonds is 5. The lowest BCUT2D eigenvalue weighted by Crippen LogP contribution is -2.45. The SMILES string of the molecule is CO[Si](Cc1ccc(O)c(C)c1)(OC)OC. The quantitative estimate of drug-likeness (QED) is 0.798. The van der Waals surface area contributed by atoms with Crippen LogP contribution in [-0.2, 0) is 19.3 Å². The molecular formula is C11H18O4Si. The summed E-state index contributed by atoms with van der Waals surface area (Å²) in [6, 6.07) is 6.03. The van der Waals surface area contributed by atoms with Crippen LogP contribution in [0, 0.1) is 6.92 Å². The van der Waals surface area contributed by atoms with E-state index >= 15 is 0 Å². The molecule has 16 heavy (non-hydrogen) atoms. The van der Waals surface area contributed by atoms with Crippen molar-refractivity contribution in [3.05, 3.63) is 29.3 Å². The minimum absolute atomic E-state index is 0.295. The van der Waals surface area contributed by atoms with Crippen LogP contribution in [0.1, 0.15) is 11.1 Å². The summed E-state index contributed by atoms with van der Waals surface area (Å²) in [5, 5.41) is 9.43. The zero-order chi connectivity index (χ0) is 12.2. The van der Waals surface area contributed by atoms with Crippen LogP contribution in [0.3, 0.4) is 0 Å². The molecule has 0 atom stereocenters. The van der Waals surface area contributed by atoms with E-state index in [1.54, 1.807) is 27.4 Å². The Morgan fingerprint density at radius 1 is 1.12 bits per heavy atom. The van der Waals surface area contributed by atoms with Gasteiger partial charge in [-0.05, 0) is 24.1 Å². The van der Waals surface area contributed by atoms with Gasteiger partial charge in [0.25, 0.3) is 0 Å². The maximum atomic E-state index is 9.43. The topological polar surface area (TPSA) is 47.9 Å². The molecule has 1 rings (SSSR count). The molecule has 0 radical (unpaired) electrons. The zero-order valence-electron chi connectivity index (χ0n) is 10.1. The number of aromatic hydroxyl groups is 1. The van der Waals surface area contributed by atoms with Gasteiger partial charge in [-0.25, -0.2) is 0 Å². The number of aryl methyl sites for hydroxylation is 1. The third-order valence-corrected chi connectivity index (χ3v) is 5.32. The number of phenolic OH excluding ortho intramolecular Hbond substituents is 1. The Bertz CT molecular complexity index is 342. The first kappa shape index (κ1) is 13.2. The minimum Gasteiger partial charge on any atom is -0.508 e. The smallest absolute Gasteiger partial charge is 0.504 e. The number of hydrogen-bond acceptors (Lipinski definition) is 4. The molecule has 0 aliphatic carbocycles. The molecular weight excluding hydrogens is 224 g/mol. The lowest BCUT2D eigenvalue weighted by Gasteiger charge is -2.24. The molecule has 0 bridgehead atoms. The van der Waals surface area contributed by atoms with Crippen LogP contribution in [0.15, 0.2) is 18.2 Å². The van der Waals surface area contributed by atoms with Gasteiger partial charge in [0.05, 0.1) is 0 Å². The van der Waals surface area contributed by atoms with Crippen molar-refractivity contribution in [1.82, 2.24) is 0 Å². The second kappa shape index (κ2) is 5.45. The number of phenols is 1. The van der Waals surface area contributed by atoms with E-state index in [4.69, 9.17) is 13.3 Å². The van der Waals surface area contributed by atoms with Gasteiger partial charge in [0.2, 0.25) is 0 Å². The summed E-state index contributed by atoms with van der Waals surface area (Å²) in [6.45, 7) is 1.86. The number of benzene rings is 1. The van der Waals surface area contributed by atoms with E-state index in [2.05, 4.69) is 0 Å². The highest BCUT2D eigenvalue weighted by Crippen LogP contribution is 2.20. The summed E-state index contributed by atoms with van der Waals surface area (Å²) in [6.07, 6.45) is 0. The molecule has 1 aromatic rings. The molecule has 0 spiro atoms. The van der Waals surface area contributed by atoms with Crippen LogP contribution < -0.4 is 0 Å². The van der Waals surface area contributed by atoms with E-state index in [1.807, 2.05) is 19.1 Å². The lowest BCUT2D eigenvalue weighted by molar-refractivity contribution is 0.122. The van der Waals surface area contributed by atoms with Crippen molar-refractivity contribution in [3.8, 4) is 5.75 Å². The molecule has 1 aromatic carbocycles. The van der Waals surface area contributed by atoms with Crippen LogP contribution >= 0.6 is 0 Å². The third-order valence-electron chi connectivity index (χ3n) is 2.61. The Kier molecular flexibility index (Phi) is 4.49. The first-order valence-electron chi connectivity index (χ1n) is 5.01. The van der Waals surface area contributed by atoms with Gasteiger partial charge in [0.15, 0.2) is 0 Å². The van der Waals surface area contributed by atoms with E-state index in [1.165, 1.54) is 0 Å². The maximum absolute atomic E-state index is 9.43. The summed E-state index contributed by atoms with van der Waals surface area (Å²) in [5.41, 5.74) is 1.87. The van der Waals surface area contributed by atoms with Crippen molar-refractivity contribution in [2.24, 2.45) is 0 Å². The van der Waals surface area contributed by atoms with Crippen LogP contribution in [-0.4, -0.2) is 35.2 Å². The minimum atomic E-state index is -2.58. The first-order valence-corrected chi connectivity index (χ1v) is 6.94. The molecule has 0 fully saturated rings. The van der Waals surface area contributed by atoms with Gasteiger partial charge in [-0.15, -0.1) is 0 Å². The van der Waals surface area contributed by atoms with Crippen molar-refractivity contribution in [2.45, 2.75) is 13.0 Å². The van der Waals surface area contributed by atoms with Crippen molar-refractivity contribution in [1.29, 1.82) is 0 Å². The Labute approximate surface area is 97.1 Å². The lowest BCUT2D eigenvalue weighted by atomic mass is 10.1. The molecule has 1 N–H and O–H groups in total. The van der Waals surface area contributed by atoms with Gasteiger partial charge in [-0.2, -0.15) is 0 Å². The summed E-state index contributed by atoms with van der Waals surface area (Å²) in [4.78, 5) is 0. The molecule has 0 unspecified atom stereocenters. The second-order valence-corrected chi connectivity index (χ2v) is 6.54. The van der Waals surface area contributed by atoms with Crippen molar-refractivity contribution < 1.29 is 18.4 Å². The largest absolute Gasteiger partial charge is 0.508 e. The molecule has 0 heterocycles.